The second-order valence-electron chi connectivity index (χ2n) is 6.56. The molecule has 0 heterocycles. The summed E-state index contributed by atoms with van der Waals surface area (Å²) in [5.74, 6) is 0.210. The molecule has 2 saturated carbocycles. The third kappa shape index (κ3) is 4.18. The van der Waals surface area contributed by atoms with Gasteiger partial charge >= 0.3 is 5.97 Å². The first-order valence-corrected chi connectivity index (χ1v) is 7.63. The highest BCUT2D eigenvalue weighted by Crippen LogP contribution is 2.42. The quantitative estimate of drug-likeness (QED) is 0.598. The summed E-state index contributed by atoms with van der Waals surface area (Å²) in [6.45, 7) is 5.38. The van der Waals surface area contributed by atoms with Crippen molar-refractivity contribution in [3.05, 3.63) is 0 Å². The predicted molar refractivity (Wildman–Crippen MR) is 74.1 cm³/mol. The molecule has 4 heteroatoms. The van der Waals surface area contributed by atoms with E-state index in [0.29, 0.717) is 25.2 Å². The lowest BCUT2D eigenvalue weighted by molar-refractivity contribution is -0.149. The Bertz CT molecular complexity index is 311. The molecular weight excluding hydrogens is 242 g/mol. The molecule has 2 fully saturated rings. The largest absolute Gasteiger partial charge is 0.480 e. The van der Waals surface area contributed by atoms with Gasteiger partial charge in [-0.3, -0.25) is 10.1 Å². The van der Waals surface area contributed by atoms with E-state index in [2.05, 4.69) is 19.2 Å². The van der Waals surface area contributed by atoms with Crippen LogP contribution in [0.1, 0.15) is 52.4 Å². The van der Waals surface area contributed by atoms with E-state index in [-0.39, 0.29) is 5.92 Å². The molecule has 0 aromatic heterocycles. The maximum absolute atomic E-state index is 11.7. The van der Waals surface area contributed by atoms with Gasteiger partial charge in [-0.1, -0.05) is 13.8 Å². The molecule has 2 rings (SSSR count). The van der Waals surface area contributed by atoms with Crippen LogP contribution in [0.25, 0.3) is 0 Å². The Kier molecular flexibility index (Phi) is 4.85. The number of carboxylic acids is 1. The van der Waals surface area contributed by atoms with Gasteiger partial charge in [0.1, 0.15) is 5.54 Å². The van der Waals surface area contributed by atoms with E-state index in [1.165, 1.54) is 0 Å². The van der Waals surface area contributed by atoms with E-state index in [0.717, 1.165) is 38.5 Å². The molecule has 0 saturated heterocycles. The van der Waals surface area contributed by atoms with Crippen molar-refractivity contribution in [1.29, 1.82) is 0 Å². The highest BCUT2D eigenvalue weighted by molar-refractivity contribution is 5.80. The van der Waals surface area contributed by atoms with Gasteiger partial charge in [0.05, 0.1) is 6.61 Å². The van der Waals surface area contributed by atoms with Crippen LogP contribution < -0.4 is 5.32 Å². The summed E-state index contributed by atoms with van der Waals surface area (Å²) in [7, 11) is 0. The molecule has 0 aromatic rings. The number of nitrogens with one attached hydrogen (secondary N) is 1. The van der Waals surface area contributed by atoms with E-state index >= 15 is 0 Å². The molecule has 0 radical (unpaired) electrons. The fourth-order valence-electron chi connectivity index (χ4n) is 2.57. The molecule has 0 aromatic carbocycles. The Morgan fingerprint density at radius 3 is 2.53 bits per heavy atom. The second kappa shape index (κ2) is 6.23. The van der Waals surface area contributed by atoms with Gasteiger partial charge in [0.2, 0.25) is 0 Å². The Morgan fingerprint density at radius 2 is 2.05 bits per heavy atom. The Balaban J connectivity index is 1.80. The number of hydrogen-bond acceptors (Lipinski definition) is 3. The topological polar surface area (TPSA) is 58.6 Å². The molecule has 2 aliphatic carbocycles. The minimum atomic E-state index is -0.820. The van der Waals surface area contributed by atoms with Gasteiger partial charge in [0.15, 0.2) is 0 Å². The first-order valence-electron chi connectivity index (χ1n) is 7.63. The number of rotatable bonds is 10. The molecule has 2 N–H and O–H groups in total. The zero-order chi connectivity index (χ0) is 13.9. The Labute approximate surface area is 115 Å². The van der Waals surface area contributed by atoms with Gasteiger partial charge in [-0.25, -0.2) is 0 Å². The molecular formula is C15H27NO3. The molecule has 0 bridgehead atoms. The van der Waals surface area contributed by atoms with E-state index < -0.39 is 11.5 Å². The van der Waals surface area contributed by atoms with Gasteiger partial charge in [0, 0.05) is 12.6 Å². The first-order chi connectivity index (χ1) is 9.04. The molecule has 1 unspecified atom stereocenters. The summed E-state index contributed by atoms with van der Waals surface area (Å²) in [5.41, 5.74) is -0.820. The fraction of sp³-hybridized carbons (Fsp3) is 0.933. The molecule has 110 valence electrons. The van der Waals surface area contributed by atoms with Crippen molar-refractivity contribution < 1.29 is 14.6 Å². The van der Waals surface area contributed by atoms with Crippen LogP contribution in [0, 0.1) is 11.8 Å². The zero-order valence-corrected chi connectivity index (χ0v) is 12.2. The molecule has 19 heavy (non-hydrogen) atoms. The van der Waals surface area contributed by atoms with E-state index in [4.69, 9.17) is 4.74 Å². The first kappa shape index (κ1) is 14.8. The third-order valence-corrected chi connectivity index (χ3v) is 4.09. The van der Waals surface area contributed by atoms with Gasteiger partial charge in [0.25, 0.3) is 0 Å². The van der Waals surface area contributed by atoms with Gasteiger partial charge in [-0.15, -0.1) is 0 Å². The van der Waals surface area contributed by atoms with Crippen LogP contribution >= 0.6 is 0 Å². The van der Waals surface area contributed by atoms with Crippen LogP contribution in [-0.2, 0) is 9.53 Å². The minimum Gasteiger partial charge on any atom is -0.480 e. The van der Waals surface area contributed by atoms with Gasteiger partial charge < -0.3 is 9.84 Å². The number of carbonyl (C=O) groups is 1. The summed E-state index contributed by atoms with van der Waals surface area (Å²) in [6.07, 6.45) is 6.40. The van der Waals surface area contributed by atoms with Crippen LogP contribution in [-0.4, -0.2) is 35.9 Å². The predicted octanol–water partition coefficient (Wildman–Crippen LogP) is 2.42. The second-order valence-corrected chi connectivity index (χ2v) is 6.56. The van der Waals surface area contributed by atoms with Crippen LogP contribution in [0.3, 0.4) is 0 Å². The number of hydrogen-bond donors (Lipinski definition) is 2. The van der Waals surface area contributed by atoms with Gasteiger partial charge in [-0.2, -0.15) is 0 Å². The smallest absolute Gasteiger partial charge is 0.326 e. The monoisotopic (exact) mass is 269 g/mol. The minimum absolute atomic E-state index is 0.260. The van der Waals surface area contributed by atoms with Crippen LogP contribution in [0.15, 0.2) is 0 Å². The molecule has 1 atom stereocenters. The SMILES string of the molecule is CC(C)CCCOCC(NC1CC1)(C(=O)O)C1CC1. The van der Waals surface area contributed by atoms with Crippen molar-refractivity contribution in [2.75, 3.05) is 13.2 Å². The number of aliphatic carboxylic acids is 1. The summed E-state index contributed by atoms with van der Waals surface area (Å²) >= 11 is 0. The van der Waals surface area contributed by atoms with E-state index in [9.17, 15) is 9.90 Å². The number of ether oxygens (including phenoxy) is 1. The molecule has 4 nitrogen and oxygen atoms in total. The van der Waals surface area contributed by atoms with Crippen LogP contribution in [0.2, 0.25) is 0 Å². The average molecular weight is 269 g/mol. The highest BCUT2D eigenvalue weighted by atomic mass is 16.5. The maximum Gasteiger partial charge on any atom is 0.326 e. The Morgan fingerprint density at radius 1 is 1.37 bits per heavy atom. The molecule has 0 aliphatic heterocycles. The molecule has 0 spiro atoms. The lowest BCUT2D eigenvalue weighted by Gasteiger charge is -2.30. The van der Waals surface area contributed by atoms with Crippen molar-refractivity contribution in [2.45, 2.75) is 64.0 Å². The molecule has 0 amide bonds. The molecule has 2 aliphatic rings. The van der Waals surface area contributed by atoms with Crippen LogP contribution in [0.5, 0.6) is 0 Å². The standard InChI is InChI=1S/C15H27NO3/c1-11(2)4-3-9-19-10-15(14(17)18,12-5-6-12)16-13-7-8-13/h11-13,16H,3-10H2,1-2H3,(H,17,18). The normalized spacial score (nSPS) is 22.5. The van der Waals surface area contributed by atoms with Crippen molar-refractivity contribution in [2.24, 2.45) is 11.8 Å². The fourth-order valence-corrected chi connectivity index (χ4v) is 2.57. The lowest BCUT2D eigenvalue weighted by atomic mass is 9.94. The Hall–Kier alpha value is -0.610. The zero-order valence-electron chi connectivity index (χ0n) is 12.2. The summed E-state index contributed by atoms with van der Waals surface area (Å²) in [6, 6.07) is 0.399. The van der Waals surface area contributed by atoms with Crippen molar-refractivity contribution >= 4 is 5.97 Å². The lowest BCUT2D eigenvalue weighted by Crippen LogP contribution is -2.58. The summed E-state index contributed by atoms with van der Waals surface area (Å²) in [5, 5.41) is 13.0. The van der Waals surface area contributed by atoms with Crippen molar-refractivity contribution in [3.63, 3.8) is 0 Å². The number of carboxylic acid groups (broad SMARTS) is 1. The summed E-state index contributed by atoms with van der Waals surface area (Å²) in [4.78, 5) is 11.7. The highest BCUT2D eigenvalue weighted by Gasteiger charge is 2.53. The van der Waals surface area contributed by atoms with Crippen LogP contribution in [0.4, 0.5) is 0 Å². The van der Waals surface area contributed by atoms with Gasteiger partial charge in [-0.05, 0) is 50.4 Å². The summed E-state index contributed by atoms with van der Waals surface area (Å²) < 4.78 is 5.70. The van der Waals surface area contributed by atoms with Crippen molar-refractivity contribution in [3.8, 4) is 0 Å². The van der Waals surface area contributed by atoms with Crippen molar-refractivity contribution in [1.82, 2.24) is 5.32 Å². The average Bonchev–Trinajstić information content (AvgIpc) is 3.19. The maximum atomic E-state index is 11.7. The van der Waals surface area contributed by atoms with E-state index in [1.807, 2.05) is 0 Å². The third-order valence-electron chi connectivity index (χ3n) is 4.09. The van der Waals surface area contributed by atoms with E-state index in [1.54, 1.807) is 0 Å².